The number of sulfonamides is 1. The van der Waals surface area contributed by atoms with Gasteiger partial charge in [-0.2, -0.15) is 18.4 Å². The molecule has 1 amide bonds. The minimum atomic E-state index is -4.79. The van der Waals surface area contributed by atoms with Crippen LogP contribution in [-0.2, 0) is 25.7 Å². The molecule has 8 nitrogen and oxygen atoms in total. The molecule has 3 heterocycles. The van der Waals surface area contributed by atoms with Gasteiger partial charge in [-0.15, -0.1) is 0 Å². The summed E-state index contributed by atoms with van der Waals surface area (Å²) >= 11 is 0. The van der Waals surface area contributed by atoms with E-state index in [4.69, 9.17) is 10.00 Å². The number of benzene rings is 1. The molecule has 0 aromatic heterocycles. The van der Waals surface area contributed by atoms with Crippen LogP contribution in [0.4, 0.5) is 23.7 Å². The lowest BCUT2D eigenvalue weighted by Crippen LogP contribution is -2.50. The fourth-order valence-electron chi connectivity index (χ4n) is 4.45. The Balaban J connectivity index is 1.67. The molecule has 5 atom stereocenters. The summed E-state index contributed by atoms with van der Waals surface area (Å²) < 4.78 is 77.3. The Hall–Kier alpha value is -2.52. The highest BCUT2D eigenvalue weighted by atomic mass is 32.2. The lowest BCUT2D eigenvalue weighted by atomic mass is 9.85. The van der Waals surface area contributed by atoms with Gasteiger partial charge in [0.05, 0.1) is 48.2 Å². The summed E-state index contributed by atoms with van der Waals surface area (Å²) in [7, 11) is -2.86. The second-order valence-electron chi connectivity index (χ2n) is 7.16. The largest absolute Gasteiger partial charge is 0.453 e. The normalized spacial score (nSPS) is 32.0. The zero-order valence-corrected chi connectivity index (χ0v) is 15.8. The van der Waals surface area contributed by atoms with Gasteiger partial charge in [-0.1, -0.05) is 0 Å². The highest BCUT2D eigenvalue weighted by Gasteiger charge is 2.64. The average molecular weight is 431 g/mol. The van der Waals surface area contributed by atoms with E-state index in [2.05, 4.69) is 10.1 Å². The van der Waals surface area contributed by atoms with Crippen molar-refractivity contribution < 1.29 is 35.9 Å². The Morgan fingerprint density at radius 2 is 2.14 bits per heavy atom. The number of halogens is 3. The summed E-state index contributed by atoms with van der Waals surface area (Å²) in [6.07, 6.45) is -6.35. The van der Waals surface area contributed by atoms with Crippen molar-refractivity contribution >= 4 is 21.8 Å². The van der Waals surface area contributed by atoms with Crippen molar-refractivity contribution in [2.45, 2.75) is 36.1 Å². The van der Waals surface area contributed by atoms with Crippen LogP contribution in [0.1, 0.15) is 17.5 Å². The molecule has 4 rings (SSSR count). The maximum absolute atomic E-state index is 13.3. The smallest absolute Gasteiger partial charge is 0.417 e. The van der Waals surface area contributed by atoms with E-state index in [0.717, 1.165) is 10.4 Å². The van der Waals surface area contributed by atoms with Crippen LogP contribution in [0.2, 0.25) is 0 Å². The highest BCUT2D eigenvalue weighted by molar-refractivity contribution is 7.93. The van der Waals surface area contributed by atoms with Crippen LogP contribution < -0.4 is 9.62 Å². The van der Waals surface area contributed by atoms with Crippen LogP contribution in [0, 0.1) is 17.2 Å². The molecule has 12 heteroatoms. The third-order valence-electron chi connectivity index (χ3n) is 5.67. The van der Waals surface area contributed by atoms with Gasteiger partial charge in [-0.05, 0) is 24.6 Å². The lowest BCUT2D eigenvalue weighted by Gasteiger charge is -2.26. The van der Waals surface area contributed by atoms with Gasteiger partial charge < -0.3 is 14.8 Å². The number of anilines is 1. The third kappa shape index (κ3) is 3.00. The predicted molar refractivity (Wildman–Crippen MR) is 92.3 cm³/mol. The molecule has 1 aromatic rings. The van der Waals surface area contributed by atoms with Crippen LogP contribution in [0.5, 0.6) is 0 Å². The monoisotopic (exact) mass is 431 g/mol. The van der Waals surface area contributed by atoms with E-state index in [1.165, 1.54) is 19.2 Å². The van der Waals surface area contributed by atoms with Gasteiger partial charge in [-0.3, -0.25) is 4.31 Å². The molecule has 3 aliphatic rings. The maximum Gasteiger partial charge on any atom is 0.417 e. The maximum atomic E-state index is 13.3. The Labute approximate surface area is 164 Å². The first-order valence-electron chi connectivity index (χ1n) is 8.70. The van der Waals surface area contributed by atoms with Gasteiger partial charge in [0.1, 0.15) is 5.25 Å². The summed E-state index contributed by atoms with van der Waals surface area (Å²) in [4.78, 5) is 11.5. The van der Waals surface area contributed by atoms with Crippen LogP contribution in [0.15, 0.2) is 18.2 Å². The molecular weight excluding hydrogens is 415 g/mol. The second kappa shape index (κ2) is 6.50. The lowest BCUT2D eigenvalue weighted by molar-refractivity contribution is -0.137. The molecule has 1 N–H and O–H groups in total. The number of alkyl carbamates (subject to hydrolysis) is 1. The number of fused-ring (bicyclic) bond motifs is 5. The first-order valence-corrected chi connectivity index (χ1v) is 10.2. The minimum Gasteiger partial charge on any atom is -0.453 e. The molecule has 0 saturated carbocycles. The Morgan fingerprint density at radius 3 is 2.76 bits per heavy atom. The van der Waals surface area contributed by atoms with E-state index in [0.29, 0.717) is 12.5 Å². The minimum absolute atomic E-state index is 0.0255. The van der Waals surface area contributed by atoms with Crippen molar-refractivity contribution in [2.24, 2.45) is 5.92 Å². The summed E-state index contributed by atoms with van der Waals surface area (Å²) in [6, 6.07) is 3.76. The van der Waals surface area contributed by atoms with Crippen molar-refractivity contribution in [3.8, 4) is 6.07 Å². The number of hydrogen-bond donors (Lipinski definition) is 1. The summed E-state index contributed by atoms with van der Waals surface area (Å²) in [5.74, 6) is -0.425. The van der Waals surface area contributed by atoms with E-state index >= 15 is 0 Å². The number of nitrogens with zero attached hydrogens (tertiary/aromatic N) is 2. The molecule has 0 unspecified atom stereocenters. The Kier molecular flexibility index (Phi) is 4.43. The zero-order chi connectivity index (χ0) is 21.1. The number of amides is 1. The van der Waals surface area contributed by atoms with Crippen molar-refractivity contribution in [1.29, 1.82) is 5.26 Å². The number of nitriles is 1. The van der Waals surface area contributed by atoms with Gasteiger partial charge in [0.2, 0.25) is 10.0 Å². The van der Waals surface area contributed by atoms with Gasteiger partial charge in [0, 0.05) is 12.5 Å². The van der Waals surface area contributed by atoms with E-state index < -0.39 is 62.8 Å². The van der Waals surface area contributed by atoms with Crippen LogP contribution in [-0.4, -0.2) is 51.7 Å². The first kappa shape index (κ1) is 19.8. The fourth-order valence-corrected chi connectivity index (χ4v) is 6.83. The zero-order valence-electron chi connectivity index (χ0n) is 15.0. The fraction of sp³-hybridized carbons (Fsp3) is 0.529. The number of nitrogens with one attached hydrogen (secondary N) is 1. The molecular formula is C17H16F3N3O5S. The molecule has 156 valence electrons. The van der Waals surface area contributed by atoms with Crippen molar-refractivity contribution in [3.05, 3.63) is 29.3 Å². The number of methoxy groups -OCH3 is 1. The number of carbonyl (C=O) groups excluding carboxylic acids is 1. The molecule has 3 saturated heterocycles. The molecule has 0 spiro atoms. The summed E-state index contributed by atoms with van der Waals surface area (Å²) in [6.45, 7) is -0.0255. The second-order valence-corrected chi connectivity index (χ2v) is 9.18. The molecule has 3 aliphatic heterocycles. The number of hydrogen-bond acceptors (Lipinski definition) is 6. The number of rotatable bonds is 2. The summed E-state index contributed by atoms with van der Waals surface area (Å²) in [5, 5.41) is 10.5. The first-order chi connectivity index (χ1) is 13.6. The molecule has 1 aromatic carbocycles. The van der Waals surface area contributed by atoms with Gasteiger partial charge >= 0.3 is 12.3 Å². The molecule has 0 aliphatic carbocycles. The Bertz CT molecular complexity index is 1010. The van der Waals surface area contributed by atoms with Gasteiger partial charge in [0.25, 0.3) is 0 Å². The van der Waals surface area contributed by atoms with E-state index in [1.54, 1.807) is 0 Å². The van der Waals surface area contributed by atoms with Crippen LogP contribution in [0.3, 0.4) is 0 Å². The van der Waals surface area contributed by atoms with Crippen molar-refractivity contribution in [3.63, 3.8) is 0 Å². The molecule has 2 bridgehead atoms. The predicted octanol–water partition coefficient (Wildman–Crippen LogP) is 1.61. The quantitative estimate of drug-likeness (QED) is 0.762. The van der Waals surface area contributed by atoms with Gasteiger partial charge in [0.15, 0.2) is 0 Å². The highest BCUT2D eigenvalue weighted by Crippen LogP contribution is 2.49. The average Bonchev–Trinajstić information content (AvgIpc) is 3.30. The van der Waals surface area contributed by atoms with Gasteiger partial charge in [-0.25, -0.2) is 13.2 Å². The van der Waals surface area contributed by atoms with Crippen molar-refractivity contribution in [1.82, 2.24) is 5.32 Å². The van der Waals surface area contributed by atoms with Crippen LogP contribution >= 0.6 is 0 Å². The Morgan fingerprint density at radius 1 is 1.41 bits per heavy atom. The SMILES string of the molecule is COC(=O)N[C@H]1C[C@H]2O[C@@H]1[C@@H]1[C@H]2CN(c2ccc(C#N)c(C(F)(F)F)c2)S1(=O)=O. The number of ether oxygens (including phenoxy) is 2. The molecule has 3 fully saturated rings. The summed E-state index contributed by atoms with van der Waals surface area (Å²) in [5.41, 5.74) is -1.92. The van der Waals surface area contributed by atoms with Crippen molar-refractivity contribution in [2.75, 3.05) is 18.0 Å². The number of alkyl halides is 3. The van der Waals surface area contributed by atoms with Crippen LogP contribution in [0.25, 0.3) is 0 Å². The number of carbonyl (C=O) groups is 1. The van der Waals surface area contributed by atoms with E-state index in [9.17, 15) is 26.4 Å². The topological polar surface area (TPSA) is 109 Å². The third-order valence-corrected chi connectivity index (χ3v) is 7.95. The van der Waals surface area contributed by atoms with E-state index in [-0.39, 0.29) is 12.2 Å². The van der Waals surface area contributed by atoms with E-state index in [1.807, 2.05) is 0 Å². The molecule has 0 radical (unpaired) electrons. The standard InChI is InChI=1S/C17H16F3N3O5S/c1-27-16(24)22-12-5-13-10-7-23(29(25,26)15(10)14(12)28-13)9-3-2-8(6-21)11(4-9)17(18,19)20/h2-4,10,12-15H,5,7H2,1H3,(H,22,24)/t10-,12-,13+,14-,15-/m0/s1. The molecule has 29 heavy (non-hydrogen) atoms.